The van der Waals surface area contributed by atoms with E-state index in [0.717, 1.165) is 0 Å². The molecule has 0 aliphatic rings. The van der Waals surface area contributed by atoms with Gasteiger partial charge in [-0.1, -0.05) is 35.9 Å². The van der Waals surface area contributed by atoms with Gasteiger partial charge in [0, 0.05) is 17.7 Å². The molecule has 0 spiro atoms. The summed E-state index contributed by atoms with van der Waals surface area (Å²) in [5, 5.41) is 14.8. The third-order valence-corrected chi connectivity index (χ3v) is 2.99. The van der Waals surface area contributed by atoms with Gasteiger partial charge in [-0.3, -0.25) is 14.9 Å². The third kappa shape index (κ3) is 5.08. The summed E-state index contributed by atoms with van der Waals surface area (Å²) in [6, 6.07) is 12.6. The molecule has 0 saturated carbocycles. The van der Waals surface area contributed by atoms with E-state index in [9.17, 15) is 14.9 Å². The maximum atomic E-state index is 11.6. The lowest BCUT2D eigenvalue weighted by atomic mass is 10.2. The second-order valence-corrected chi connectivity index (χ2v) is 4.77. The SMILES string of the molecule is O=C(COc1ccccc1Cl)NN=Cc1cccc([N+](=O)[O-])c1. The van der Waals surface area contributed by atoms with Crippen LogP contribution in [0.5, 0.6) is 5.75 Å². The normalized spacial score (nSPS) is 10.5. The first-order valence-electron chi connectivity index (χ1n) is 6.50. The number of para-hydroxylation sites is 1. The molecule has 0 radical (unpaired) electrons. The van der Waals surface area contributed by atoms with Crippen LogP contribution in [-0.2, 0) is 4.79 Å². The highest BCUT2D eigenvalue weighted by Crippen LogP contribution is 2.22. The first-order valence-corrected chi connectivity index (χ1v) is 6.88. The minimum Gasteiger partial charge on any atom is -0.482 e. The number of hydrazone groups is 1. The number of benzene rings is 2. The van der Waals surface area contributed by atoms with Crippen molar-refractivity contribution < 1.29 is 14.5 Å². The van der Waals surface area contributed by atoms with Gasteiger partial charge in [0.1, 0.15) is 5.75 Å². The first kappa shape index (κ1) is 16.4. The van der Waals surface area contributed by atoms with Crippen molar-refractivity contribution in [2.75, 3.05) is 6.61 Å². The summed E-state index contributed by atoms with van der Waals surface area (Å²) in [6.07, 6.45) is 1.31. The van der Waals surface area contributed by atoms with E-state index in [2.05, 4.69) is 10.5 Å². The summed E-state index contributed by atoms with van der Waals surface area (Å²) in [7, 11) is 0. The van der Waals surface area contributed by atoms with E-state index in [1.54, 1.807) is 30.3 Å². The van der Waals surface area contributed by atoms with E-state index >= 15 is 0 Å². The summed E-state index contributed by atoms with van der Waals surface area (Å²) in [5.74, 6) is -0.0846. The Bertz CT molecular complexity index is 749. The fraction of sp³-hybridized carbons (Fsp3) is 0.0667. The molecular formula is C15H12ClN3O4. The predicted octanol–water partition coefficient (Wildman–Crippen LogP) is 2.78. The highest BCUT2D eigenvalue weighted by molar-refractivity contribution is 6.32. The Balaban J connectivity index is 1.85. The molecular weight excluding hydrogens is 322 g/mol. The molecule has 1 amide bonds. The molecule has 0 fully saturated rings. The van der Waals surface area contributed by atoms with Crippen LogP contribution in [0.3, 0.4) is 0 Å². The topological polar surface area (TPSA) is 93.8 Å². The van der Waals surface area contributed by atoms with Crippen molar-refractivity contribution >= 4 is 29.4 Å². The molecule has 0 heterocycles. The second kappa shape index (κ2) is 7.90. The van der Waals surface area contributed by atoms with E-state index < -0.39 is 10.8 Å². The number of nitrogens with zero attached hydrogens (tertiary/aromatic N) is 2. The number of nitro groups is 1. The molecule has 8 heteroatoms. The van der Waals surface area contributed by atoms with Crippen LogP contribution >= 0.6 is 11.6 Å². The molecule has 0 aromatic heterocycles. The molecule has 2 aromatic carbocycles. The number of amides is 1. The number of hydrogen-bond acceptors (Lipinski definition) is 5. The van der Waals surface area contributed by atoms with Gasteiger partial charge in [0.25, 0.3) is 11.6 Å². The monoisotopic (exact) mass is 333 g/mol. The Kier molecular flexibility index (Phi) is 5.65. The number of hydrogen-bond donors (Lipinski definition) is 1. The number of nitrogens with one attached hydrogen (secondary N) is 1. The first-order chi connectivity index (χ1) is 11.1. The Hall–Kier alpha value is -2.93. The van der Waals surface area contributed by atoms with Gasteiger partial charge in [0.05, 0.1) is 16.2 Å². The zero-order valence-electron chi connectivity index (χ0n) is 11.8. The molecule has 0 aliphatic heterocycles. The lowest BCUT2D eigenvalue weighted by Crippen LogP contribution is -2.24. The van der Waals surface area contributed by atoms with Crippen LogP contribution in [0.2, 0.25) is 5.02 Å². The number of carbonyl (C=O) groups excluding carboxylic acids is 1. The fourth-order valence-corrected chi connectivity index (χ4v) is 1.83. The van der Waals surface area contributed by atoms with Crippen molar-refractivity contribution in [2.45, 2.75) is 0 Å². The van der Waals surface area contributed by atoms with Gasteiger partial charge >= 0.3 is 0 Å². The molecule has 0 atom stereocenters. The van der Waals surface area contributed by atoms with Crippen molar-refractivity contribution in [2.24, 2.45) is 5.10 Å². The van der Waals surface area contributed by atoms with Crippen molar-refractivity contribution in [3.63, 3.8) is 0 Å². The van der Waals surface area contributed by atoms with E-state index in [0.29, 0.717) is 16.3 Å². The second-order valence-electron chi connectivity index (χ2n) is 4.36. The van der Waals surface area contributed by atoms with Crippen molar-refractivity contribution in [1.82, 2.24) is 5.43 Å². The van der Waals surface area contributed by atoms with E-state index in [1.165, 1.54) is 24.4 Å². The van der Waals surface area contributed by atoms with E-state index in [4.69, 9.17) is 16.3 Å². The molecule has 2 aromatic rings. The van der Waals surface area contributed by atoms with Crippen LogP contribution in [0, 0.1) is 10.1 Å². The molecule has 118 valence electrons. The van der Waals surface area contributed by atoms with Gasteiger partial charge in [0.2, 0.25) is 0 Å². The fourth-order valence-electron chi connectivity index (χ4n) is 1.63. The van der Waals surface area contributed by atoms with Gasteiger partial charge in [-0.25, -0.2) is 5.43 Å². The standard InChI is InChI=1S/C15H12ClN3O4/c16-13-6-1-2-7-14(13)23-10-15(20)18-17-9-11-4-3-5-12(8-11)19(21)22/h1-9H,10H2,(H,18,20). The molecule has 23 heavy (non-hydrogen) atoms. The molecule has 1 N–H and O–H groups in total. The van der Waals surface area contributed by atoms with E-state index in [1.807, 2.05) is 0 Å². The van der Waals surface area contributed by atoms with Crippen LogP contribution in [-0.4, -0.2) is 23.7 Å². The smallest absolute Gasteiger partial charge is 0.277 e. The van der Waals surface area contributed by atoms with Crippen LogP contribution in [0.15, 0.2) is 53.6 Å². The largest absolute Gasteiger partial charge is 0.482 e. The summed E-state index contributed by atoms with van der Waals surface area (Å²) >= 11 is 5.89. The summed E-state index contributed by atoms with van der Waals surface area (Å²) in [5.41, 5.74) is 2.70. The predicted molar refractivity (Wildman–Crippen MR) is 85.8 cm³/mol. The Morgan fingerprint density at radius 2 is 2.09 bits per heavy atom. The minimum absolute atomic E-state index is 0.0534. The van der Waals surface area contributed by atoms with Gasteiger partial charge in [-0.2, -0.15) is 5.10 Å². The summed E-state index contributed by atoms with van der Waals surface area (Å²) in [6.45, 7) is -0.254. The highest BCUT2D eigenvalue weighted by Gasteiger charge is 2.05. The molecule has 0 saturated heterocycles. The van der Waals surface area contributed by atoms with Gasteiger partial charge < -0.3 is 4.74 Å². The highest BCUT2D eigenvalue weighted by atomic mass is 35.5. The average molecular weight is 334 g/mol. The Labute approximate surface area is 136 Å². The third-order valence-electron chi connectivity index (χ3n) is 2.68. The van der Waals surface area contributed by atoms with Crippen molar-refractivity contribution in [3.8, 4) is 5.75 Å². The van der Waals surface area contributed by atoms with Crippen molar-refractivity contribution in [3.05, 3.63) is 69.2 Å². The molecule has 7 nitrogen and oxygen atoms in total. The quantitative estimate of drug-likeness (QED) is 0.499. The van der Waals surface area contributed by atoms with Crippen molar-refractivity contribution in [1.29, 1.82) is 0 Å². The number of carbonyl (C=O) groups is 1. The maximum absolute atomic E-state index is 11.6. The Morgan fingerprint density at radius 3 is 2.83 bits per heavy atom. The number of halogens is 1. The maximum Gasteiger partial charge on any atom is 0.277 e. The van der Waals surface area contributed by atoms with Gasteiger partial charge in [-0.15, -0.1) is 0 Å². The molecule has 0 unspecified atom stereocenters. The molecule has 0 bridgehead atoms. The summed E-state index contributed by atoms with van der Waals surface area (Å²) in [4.78, 5) is 21.7. The lowest BCUT2D eigenvalue weighted by molar-refractivity contribution is -0.384. The summed E-state index contributed by atoms with van der Waals surface area (Å²) < 4.78 is 5.24. The minimum atomic E-state index is -0.507. The zero-order chi connectivity index (χ0) is 16.7. The number of non-ortho nitro benzene ring substituents is 1. The number of nitro benzene ring substituents is 1. The van der Waals surface area contributed by atoms with Crippen LogP contribution in [0.4, 0.5) is 5.69 Å². The van der Waals surface area contributed by atoms with Gasteiger partial charge in [0.15, 0.2) is 6.61 Å². The van der Waals surface area contributed by atoms with E-state index in [-0.39, 0.29) is 12.3 Å². The zero-order valence-corrected chi connectivity index (χ0v) is 12.6. The number of rotatable bonds is 6. The average Bonchev–Trinajstić information content (AvgIpc) is 2.54. The van der Waals surface area contributed by atoms with Crippen LogP contribution in [0.1, 0.15) is 5.56 Å². The number of ether oxygens (including phenoxy) is 1. The lowest BCUT2D eigenvalue weighted by Gasteiger charge is -2.06. The van der Waals surface area contributed by atoms with Gasteiger partial charge in [-0.05, 0) is 12.1 Å². The molecule has 2 rings (SSSR count). The van der Waals surface area contributed by atoms with Crippen LogP contribution in [0.25, 0.3) is 0 Å². The Morgan fingerprint density at radius 1 is 1.30 bits per heavy atom. The molecule has 0 aliphatic carbocycles. The van der Waals surface area contributed by atoms with Crippen LogP contribution < -0.4 is 10.2 Å².